The van der Waals surface area contributed by atoms with Crippen molar-refractivity contribution in [3.8, 4) is 16.9 Å². The molecule has 4 amide bonds. The Labute approximate surface area is 781 Å². The fraction of sp³-hybridized carbons (Fsp3) is 0.434. The lowest BCUT2D eigenvalue weighted by Gasteiger charge is -2.22. The van der Waals surface area contributed by atoms with Crippen molar-refractivity contribution in [1.29, 1.82) is 0 Å². The average Bonchev–Trinajstić information content (AvgIpc) is 1.61. The average molecular weight is 1870 g/mol. The van der Waals surface area contributed by atoms with Gasteiger partial charge in [0.25, 0.3) is 0 Å². The van der Waals surface area contributed by atoms with Crippen LogP contribution in [-0.4, -0.2) is 174 Å². The van der Waals surface area contributed by atoms with E-state index in [0.717, 1.165) is 139 Å². The Hall–Kier alpha value is -11.1. The molecule has 135 heavy (non-hydrogen) atoms. The molecular weight excluding hydrogens is 1750 g/mol. The lowest BCUT2D eigenvalue weighted by molar-refractivity contribution is -0.274. The van der Waals surface area contributed by atoms with E-state index >= 15 is 0 Å². The summed E-state index contributed by atoms with van der Waals surface area (Å²) in [5, 5.41) is 11.9. The zero-order valence-electron chi connectivity index (χ0n) is 76.1. The summed E-state index contributed by atoms with van der Waals surface area (Å²) in [6.45, 7) is 43.6. The second kappa shape index (κ2) is 42.3. The van der Waals surface area contributed by atoms with Gasteiger partial charge in [-0.1, -0.05) is 194 Å². The van der Waals surface area contributed by atoms with Crippen LogP contribution in [0.25, 0.3) is 11.1 Å². The Balaban J connectivity index is 0.000000130. The number of carbonyl (C=O) groups excluding carboxylic acids is 6. The highest BCUT2D eigenvalue weighted by Crippen LogP contribution is 2.56. The smallest absolute Gasteiger partial charge is 0.406 e. The van der Waals surface area contributed by atoms with E-state index in [1.807, 2.05) is 6.07 Å². The summed E-state index contributed by atoms with van der Waals surface area (Å²) in [6.07, 6.45) is -8.32. The highest BCUT2D eigenvalue weighted by molar-refractivity contribution is 5.91. The van der Waals surface area contributed by atoms with Crippen LogP contribution in [0.2, 0.25) is 0 Å². The predicted molar refractivity (Wildman–Crippen MR) is 493 cm³/mol. The van der Waals surface area contributed by atoms with Crippen molar-refractivity contribution in [2.24, 2.45) is 82.9 Å². The molecule has 0 bridgehead atoms. The third-order valence-corrected chi connectivity index (χ3v) is 28.6. The Morgan fingerprint density at radius 3 is 0.830 bits per heavy atom. The van der Waals surface area contributed by atoms with E-state index in [4.69, 9.17) is 0 Å². The Kier molecular flexibility index (Phi) is 31.3. The Morgan fingerprint density at radius 1 is 0.304 bits per heavy atom. The largest absolute Gasteiger partial charge is 0.573 e. The first-order valence-electron chi connectivity index (χ1n) is 46.1. The van der Waals surface area contributed by atoms with Crippen LogP contribution < -0.4 is 26.0 Å². The van der Waals surface area contributed by atoms with Gasteiger partial charge in [0.2, 0.25) is 23.6 Å². The maximum Gasteiger partial charge on any atom is 0.573 e. The van der Waals surface area contributed by atoms with Crippen LogP contribution in [-0.2, 0) is 92.0 Å². The molecule has 6 saturated heterocycles. The first-order valence-corrected chi connectivity index (χ1v) is 46.1. The summed E-state index contributed by atoms with van der Waals surface area (Å²) in [5.41, 5.74) is 8.41. The minimum Gasteiger partial charge on any atom is -0.406 e. The molecular formula is C106H118F12N10O7. The number of rotatable bonds is 28. The van der Waals surface area contributed by atoms with E-state index in [9.17, 15) is 81.5 Å². The molecule has 0 aromatic heterocycles. The molecule has 6 saturated carbocycles. The minimum atomic E-state index is -4.66. The zero-order valence-corrected chi connectivity index (χ0v) is 76.1. The van der Waals surface area contributed by atoms with Crippen molar-refractivity contribution in [2.45, 2.75) is 127 Å². The maximum atomic E-state index is 12.7. The molecule has 17 nitrogen and oxygen atoms in total. The van der Waals surface area contributed by atoms with Gasteiger partial charge in [-0.15, -0.1) is 13.2 Å². The van der Waals surface area contributed by atoms with Crippen molar-refractivity contribution < 1.29 is 86.2 Å². The van der Waals surface area contributed by atoms with E-state index in [2.05, 4.69) is 188 Å². The van der Waals surface area contributed by atoms with Gasteiger partial charge in [0.1, 0.15) is 5.75 Å². The lowest BCUT2D eigenvalue weighted by atomic mass is 9.87. The molecule has 6 heterocycles. The van der Waals surface area contributed by atoms with Crippen LogP contribution in [0.1, 0.15) is 89.2 Å². The SMILES string of the molecule is C=CC(=O)CC1[C@@H]2CN(Cc3ccc(C(F)(F)F)cc3)C[C@@H]12.C=CC(=O)CC1[C@H]2CN(Cc3ccc(C(F)(F)F)cc3)C[C@@H]12.C=CC(=O)NC1[C@H]2CN(Cc3ccc(-c4ccccc4)cc3)C[C@@H]12.C=CC(=O)NC1[C@H]2CN(Cc3ccc(C(C)(C)C)cc3)C[C@@H]12.C=CC(=O)NC1[C@H]2CN(Cc3ccc(OC(F)(F)F)cc3)C[C@@H]12.C=CC(=O)NC1[C@H]2CN(Cc3cccc(C(F)(F)F)c3)C[C@@H]12. The number of alkyl halides is 12. The lowest BCUT2D eigenvalue weighted by Crippen LogP contribution is -2.33. The number of likely N-dealkylation sites (tertiary alicyclic amines) is 6. The van der Waals surface area contributed by atoms with Gasteiger partial charge in [-0.25, -0.2) is 0 Å². The maximum absolute atomic E-state index is 12.7. The number of hydrogen-bond donors (Lipinski definition) is 4. The van der Waals surface area contributed by atoms with E-state index in [1.54, 1.807) is 42.5 Å². The van der Waals surface area contributed by atoms with Crippen LogP contribution in [0.4, 0.5) is 52.7 Å². The highest BCUT2D eigenvalue weighted by Gasteiger charge is 2.61. The Bertz CT molecular complexity index is 5060. The molecule has 5 unspecified atom stereocenters. The summed E-state index contributed by atoms with van der Waals surface area (Å²) in [4.78, 5) is 81.8. The van der Waals surface area contributed by atoms with Crippen molar-refractivity contribution in [3.05, 3.63) is 307 Å². The molecule has 718 valence electrons. The van der Waals surface area contributed by atoms with Crippen molar-refractivity contribution in [2.75, 3.05) is 78.5 Å². The Morgan fingerprint density at radius 2 is 0.563 bits per heavy atom. The topological polar surface area (TPSA) is 179 Å². The monoisotopic (exact) mass is 1870 g/mol. The second-order valence-corrected chi connectivity index (χ2v) is 39.0. The quantitative estimate of drug-likeness (QED) is 0.0269. The van der Waals surface area contributed by atoms with Crippen molar-refractivity contribution >= 4 is 35.2 Å². The standard InChI is InChI=1S/C21H22N2O.C19H26N2O.2C17H18F3NO.C16H17F3N2O2.C16H17F3N2O/c1-2-20(24)22-21-18-13-23(14-19(18)21)12-15-8-10-17(11-9-15)16-6-4-3-5-7-16;1-5-17(22)20-18-15-11-21(12-16(15)18)10-13-6-8-14(9-7-13)19(2,3)4;2*1-2-13(22)7-14-15-9-21(10-16(14)15)8-11-3-5-12(6-4-11)17(18,19)20;1-2-14(22)20-15-12-8-21(9-13(12)15)7-10-3-5-11(6-4-10)23-16(17,18)19;1-2-14(22)20-15-12-8-21(9-13(12)15)7-10-4-3-5-11(6-10)16(17,18)19/h2-11,18-19,21H,1,12-14H2,(H,22,24);5-9,15-16,18H,1,10-12H2,2-4H3,(H,20,22);2*2-6,14-16H,1,7-10H2;2-6,12-13,15H,1,7-9H2,(H,20,22);2-6,12-13,15H,1,7-9H2,(H,20,22)/t18-,19+,21?;15-,16+,18?;15-,16-;14?,15-,16+;2*12-,13+,15?/m..0.../s1. The molecule has 19 rings (SSSR count). The van der Waals surface area contributed by atoms with Crippen molar-refractivity contribution in [1.82, 2.24) is 50.7 Å². The summed E-state index contributed by atoms with van der Waals surface area (Å²) < 4.78 is 153. The first kappa shape index (κ1) is 99.9. The van der Waals surface area contributed by atoms with Gasteiger partial charge in [0, 0.05) is 155 Å². The molecule has 0 spiro atoms. The third-order valence-electron chi connectivity index (χ3n) is 28.6. The zero-order chi connectivity index (χ0) is 96.8. The molecule has 12 aliphatic rings. The summed E-state index contributed by atoms with van der Waals surface area (Å²) in [5.74, 6) is 7.12. The predicted octanol–water partition coefficient (Wildman–Crippen LogP) is 17.6. The summed E-state index contributed by atoms with van der Waals surface area (Å²) in [6, 6.07) is 51.6. The third kappa shape index (κ3) is 27.0. The van der Waals surface area contributed by atoms with Crippen molar-refractivity contribution in [3.63, 3.8) is 0 Å². The number of halogens is 12. The van der Waals surface area contributed by atoms with Gasteiger partial charge in [0.15, 0.2) is 11.6 Å². The van der Waals surface area contributed by atoms with E-state index < -0.39 is 41.6 Å². The molecule has 29 heteroatoms. The van der Waals surface area contributed by atoms with Crippen LogP contribution in [0.5, 0.6) is 5.75 Å². The number of nitrogens with zero attached hydrogens (tertiary/aromatic N) is 6. The molecule has 0 radical (unpaired) electrons. The summed E-state index contributed by atoms with van der Waals surface area (Å²) in [7, 11) is 0. The number of carbonyl (C=O) groups is 6. The van der Waals surface area contributed by atoms with Crippen LogP contribution in [0.15, 0.2) is 252 Å². The number of piperidine rings is 6. The number of benzene rings is 7. The normalized spacial score (nSPS) is 26.8. The van der Waals surface area contributed by atoms with E-state index in [0.29, 0.717) is 140 Å². The number of allylic oxidation sites excluding steroid dienone is 2. The number of amides is 4. The van der Waals surface area contributed by atoms with Gasteiger partial charge >= 0.3 is 24.9 Å². The van der Waals surface area contributed by atoms with Gasteiger partial charge < -0.3 is 26.0 Å². The fourth-order valence-corrected chi connectivity index (χ4v) is 21.0. The number of fused-ring (bicyclic) bond motifs is 6. The minimum absolute atomic E-state index is 0.0382. The highest BCUT2D eigenvalue weighted by atomic mass is 19.4. The number of nitrogens with one attached hydrogen (secondary N) is 4. The second-order valence-electron chi connectivity index (χ2n) is 39.0. The number of ether oxygens (including phenoxy) is 1. The number of ketones is 2. The van der Waals surface area contributed by atoms with Gasteiger partial charge in [-0.3, -0.25) is 58.2 Å². The molecule has 7 aromatic rings. The molecule has 6 aliphatic carbocycles. The molecule has 12 fully saturated rings. The van der Waals surface area contributed by atoms with Gasteiger partial charge in [0.05, 0.1) is 16.7 Å². The van der Waals surface area contributed by atoms with Crippen LogP contribution >= 0.6 is 0 Å². The van der Waals surface area contributed by atoms with Gasteiger partial charge in [-0.05, 0) is 217 Å². The molecule has 6 aliphatic heterocycles. The molecule has 4 N–H and O–H groups in total. The molecule has 7 aromatic carbocycles. The molecule has 17 atom stereocenters. The van der Waals surface area contributed by atoms with E-state index in [-0.39, 0.29) is 58.4 Å². The van der Waals surface area contributed by atoms with Gasteiger partial charge in [-0.2, -0.15) is 39.5 Å². The van der Waals surface area contributed by atoms with E-state index in [1.165, 1.54) is 88.5 Å². The first-order chi connectivity index (χ1) is 64.1. The van der Waals surface area contributed by atoms with Crippen LogP contribution in [0.3, 0.4) is 0 Å². The summed E-state index contributed by atoms with van der Waals surface area (Å²) >= 11 is 0. The van der Waals surface area contributed by atoms with Crippen LogP contribution in [0, 0.1) is 82.9 Å². The number of hydrogen-bond acceptors (Lipinski definition) is 13. The fourth-order valence-electron chi connectivity index (χ4n) is 21.0.